The Morgan fingerprint density at radius 2 is 2.08 bits per heavy atom. The van der Waals surface area contributed by atoms with Crippen molar-refractivity contribution < 1.29 is 4.21 Å². The maximum atomic E-state index is 10.7. The standard InChI is InChI=1S/C7H10N2OS.C2H6/c1-6-3-4-8-7(5-6)9-11(2)10;1-2/h3-5H,1-2H3,(H,8,9);1-2H3. The van der Waals surface area contributed by atoms with Crippen molar-refractivity contribution in [1.82, 2.24) is 4.98 Å². The summed E-state index contributed by atoms with van der Waals surface area (Å²) in [6, 6.07) is 3.74. The third-order valence-electron chi connectivity index (χ3n) is 1.16. The number of hydrogen-bond acceptors (Lipinski definition) is 2. The quantitative estimate of drug-likeness (QED) is 0.794. The third kappa shape index (κ3) is 5.36. The third-order valence-corrected chi connectivity index (χ3v) is 1.66. The van der Waals surface area contributed by atoms with E-state index >= 15 is 0 Å². The van der Waals surface area contributed by atoms with Crippen molar-refractivity contribution in [3.8, 4) is 0 Å². The van der Waals surface area contributed by atoms with Crippen LogP contribution in [0.3, 0.4) is 0 Å². The Kier molecular flexibility index (Phi) is 6.14. The number of pyridine rings is 1. The van der Waals surface area contributed by atoms with Crippen molar-refractivity contribution in [3.63, 3.8) is 0 Å². The van der Waals surface area contributed by atoms with Crippen molar-refractivity contribution >= 4 is 16.8 Å². The molecule has 0 spiro atoms. The van der Waals surface area contributed by atoms with Gasteiger partial charge in [0, 0.05) is 12.5 Å². The second-order valence-electron chi connectivity index (χ2n) is 2.27. The minimum absolute atomic E-state index is 0.658. The molecule has 0 aliphatic carbocycles. The lowest BCUT2D eigenvalue weighted by atomic mass is 10.3. The number of aryl methyl sites for hydroxylation is 1. The minimum atomic E-state index is -1.04. The number of hydrogen-bond donors (Lipinski definition) is 1. The first kappa shape index (κ1) is 12.1. The normalized spacial score (nSPS) is 11.1. The van der Waals surface area contributed by atoms with Crippen LogP contribution in [-0.2, 0) is 11.0 Å². The molecule has 0 aliphatic rings. The Balaban J connectivity index is 0.000000671. The summed E-state index contributed by atoms with van der Waals surface area (Å²) in [7, 11) is -1.04. The van der Waals surface area contributed by atoms with Crippen LogP contribution in [0.2, 0.25) is 0 Å². The van der Waals surface area contributed by atoms with E-state index in [1.165, 1.54) is 0 Å². The van der Waals surface area contributed by atoms with Crippen molar-refractivity contribution in [2.24, 2.45) is 0 Å². The Morgan fingerprint density at radius 3 is 2.54 bits per heavy atom. The zero-order chi connectivity index (χ0) is 10.3. The fraction of sp³-hybridized carbons (Fsp3) is 0.444. The van der Waals surface area contributed by atoms with Crippen molar-refractivity contribution in [1.29, 1.82) is 0 Å². The molecule has 1 aromatic heterocycles. The summed E-state index contributed by atoms with van der Waals surface area (Å²) < 4.78 is 13.4. The van der Waals surface area contributed by atoms with E-state index in [4.69, 9.17) is 0 Å². The second-order valence-corrected chi connectivity index (χ2v) is 3.39. The van der Waals surface area contributed by atoms with Crippen LogP contribution in [0.5, 0.6) is 0 Å². The first-order valence-corrected chi connectivity index (χ1v) is 5.77. The highest BCUT2D eigenvalue weighted by molar-refractivity contribution is 7.85. The number of aromatic nitrogens is 1. The molecule has 1 unspecified atom stereocenters. The molecule has 0 amide bonds. The number of rotatable bonds is 2. The summed E-state index contributed by atoms with van der Waals surface area (Å²) in [6.07, 6.45) is 3.26. The van der Waals surface area contributed by atoms with Crippen LogP contribution in [0.25, 0.3) is 0 Å². The van der Waals surface area contributed by atoms with Crippen LogP contribution >= 0.6 is 0 Å². The van der Waals surface area contributed by atoms with E-state index in [2.05, 4.69) is 9.71 Å². The second kappa shape index (κ2) is 6.60. The summed E-state index contributed by atoms with van der Waals surface area (Å²) in [5, 5.41) is 0. The summed E-state index contributed by atoms with van der Waals surface area (Å²) >= 11 is 0. The molecule has 3 nitrogen and oxygen atoms in total. The molecule has 1 N–H and O–H groups in total. The molecule has 74 valence electrons. The van der Waals surface area contributed by atoms with Crippen LogP contribution in [0.15, 0.2) is 18.3 Å². The van der Waals surface area contributed by atoms with E-state index in [9.17, 15) is 4.21 Å². The zero-order valence-corrected chi connectivity index (χ0v) is 9.31. The molecule has 0 saturated carbocycles. The lowest BCUT2D eigenvalue weighted by Gasteiger charge is -2.00. The molecular weight excluding hydrogens is 184 g/mol. The molecule has 0 saturated heterocycles. The molecule has 1 atom stereocenters. The lowest BCUT2D eigenvalue weighted by molar-refractivity contribution is 0.689. The van der Waals surface area contributed by atoms with Crippen molar-refractivity contribution in [2.75, 3.05) is 11.0 Å². The number of nitrogens with zero attached hydrogens (tertiary/aromatic N) is 1. The van der Waals surface area contributed by atoms with Gasteiger partial charge in [0.2, 0.25) is 0 Å². The molecule has 0 aromatic carbocycles. The molecule has 13 heavy (non-hydrogen) atoms. The van der Waals surface area contributed by atoms with E-state index in [1.54, 1.807) is 12.5 Å². The van der Waals surface area contributed by atoms with Gasteiger partial charge in [0.1, 0.15) is 16.8 Å². The summed E-state index contributed by atoms with van der Waals surface area (Å²) in [5.74, 6) is 0.658. The van der Waals surface area contributed by atoms with Gasteiger partial charge in [-0.15, -0.1) is 0 Å². The van der Waals surface area contributed by atoms with Gasteiger partial charge in [0.05, 0.1) is 0 Å². The topological polar surface area (TPSA) is 42.0 Å². The molecule has 0 aliphatic heterocycles. The molecule has 0 radical (unpaired) electrons. The predicted molar refractivity (Wildman–Crippen MR) is 58.0 cm³/mol. The van der Waals surface area contributed by atoms with Crippen LogP contribution in [0.1, 0.15) is 19.4 Å². The van der Waals surface area contributed by atoms with E-state index in [0.717, 1.165) is 5.56 Å². The van der Waals surface area contributed by atoms with Gasteiger partial charge in [0.25, 0.3) is 0 Å². The Hall–Kier alpha value is -0.900. The van der Waals surface area contributed by atoms with Gasteiger partial charge in [-0.1, -0.05) is 13.8 Å². The highest BCUT2D eigenvalue weighted by Crippen LogP contribution is 2.04. The first-order chi connectivity index (χ1) is 6.18. The van der Waals surface area contributed by atoms with E-state index in [0.29, 0.717) is 5.82 Å². The zero-order valence-electron chi connectivity index (χ0n) is 8.50. The van der Waals surface area contributed by atoms with Gasteiger partial charge in [-0.2, -0.15) is 0 Å². The van der Waals surface area contributed by atoms with Gasteiger partial charge in [-0.25, -0.2) is 9.19 Å². The maximum absolute atomic E-state index is 10.7. The molecular formula is C9H16N2OS. The van der Waals surface area contributed by atoms with Crippen molar-refractivity contribution in [3.05, 3.63) is 23.9 Å². The first-order valence-electron chi connectivity index (χ1n) is 4.21. The fourth-order valence-electron chi connectivity index (χ4n) is 0.739. The molecule has 1 rings (SSSR count). The van der Waals surface area contributed by atoms with Gasteiger partial charge >= 0.3 is 0 Å². The van der Waals surface area contributed by atoms with E-state index in [1.807, 2.05) is 32.9 Å². The number of nitrogens with one attached hydrogen (secondary N) is 1. The Labute approximate surface area is 82.2 Å². The summed E-state index contributed by atoms with van der Waals surface area (Å²) in [4.78, 5) is 3.98. The van der Waals surface area contributed by atoms with Gasteiger partial charge < -0.3 is 0 Å². The molecule has 1 aromatic rings. The Morgan fingerprint density at radius 1 is 1.46 bits per heavy atom. The van der Waals surface area contributed by atoms with Crippen LogP contribution in [0, 0.1) is 6.92 Å². The predicted octanol–water partition coefficient (Wildman–Crippen LogP) is 2.12. The average molecular weight is 200 g/mol. The molecule has 4 heteroatoms. The summed E-state index contributed by atoms with van der Waals surface area (Å²) in [6.45, 7) is 5.96. The van der Waals surface area contributed by atoms with Crippen LogP contribution in [-0.4, -0.2) is 15.4 Å². The van der Waals surface area contributed by atoms with Crippen LogP contribution in [0.4, 0.5) is 5.82 Å². The SMILES string of the molecule is CC.Cc1ccnc(NS(C)=O)c1. The van der Waals surface area contributed by atoms with Crippen LogP contribution < -0.4 is 4.72 Å². The van der Waals surface area contributed by atoms with Gasteiger partial charge in [-0.3, -0.25) is 4.72 Å². The molecule has 0 bridgehead atoms. The fourth-order valence-corrected chi connectivity index (χ4v) is 1.15. The number of anilines is 1. The van der Waals surface area contributed by atoms with E-state index < -0.39 is 11.0 Å². The van der Waals surface area contributed by atoms with Gasteiger partial charge in [-0.05, 0) is 24.6 Å². The largest absolute Gasteiger partial charge is 0.290 e. The Bertz CT molecular complexity index is 276. The van der Waals surface area contributed by atoms with Gasteiger partial charge in [0.15, 0.2) is 0 Å². The average Bonchev–Trinajstić information content (AvgIpc) is 2.06. The highest BCUT2D eigenvalue weighted by Gasteiger charge is 1.93. The monoisotopic (exact) mass is 200 g/mol. The molecule has 0 fully saturated rings. The minimum Gasteiger partial charge on any atom is -0.290 e. The van der Waals surface area contributed by atoms with Crippen molar-refractivity contribution in [2.45, 2.75) is 20.8 Å². The lowest BCUT2D eigenvalue weighted by Crippen LogP contribution is -2.02. The van der Waals surface area contributed by atoms with E-state index in [-0.39, 0.29) is 0 Å². The highest BCUT2D eigenvalue weighted by atomic mass is 32.2. The summed E-state index contributed by atoms with van der Waals surface area (Å²) in [5.41, 5.74) is 1.10. The maximum Gasteiger partial charge on any atom is 0.137 e. The molecule has 1 heterocycles. The smallest absolute Gasteiger partial charge is 0.137 e.